The van der Waals surface area contributed by atoms with E-state index in [1.807, 2.05) is 49.4 Å². The number of rotatable bonds is 3. The molecule has 0 fully saturated rings. The van der Waals surface area contributed by atoms with Crippen LogP contribution in [0.4, 0.5) is 0 Å². The maximum atomic E-state index is 12.3. The third-order valence-corrected chi connectivity index (χ3v) is 3.32. The van der Waals surface area contributed by atoms with Crippen LogP contribution in [0.3, 0.4) is 0 Å². The Kier molecular flexibility index (Phi) is 3.63. The standard InChI is InChI=1S/C15H18N2O/c1-11(10-16)17(2)15(18)14-8-7-12-5-3-4-6-13(12)9-14/h3-9,11H,10,16H2,1-2H3. The smallest absolute Gasteiger partial charge is 0.253 e. The van der Waals surface area contributed by atoms with E-state index in [0.29, 0.717) is 12.1 Å². The monoisotopic (exact) mass is 242 g/mol. The number of carbonyl (C=O) groups excluding carboxylic acids is 1. The quantitative estimate of drug-likeness (QED) is 0.897. The minimum absolute atomic E-state index is 0.0127. The second kappa shape index (κ2) is 5.19. The predicted molar refractivity (Wildman–Crippen MR) is 74.6 cm³/mol. The molecule has 3 nitrogen and oxygen atoms in total. The van der Waals surface area contributed by atoms with Crippen LogP contribution in [0.25, 0.3) is 10.8 Å². The summed E-state index contributed by atoms with van der Waals surface area (Å²) in [6, 6.07) is 13.8. The lowest BCUT2D eigenvalue weighted by molar-refractivity contribution is 0.0748. The van der Waals surface area contributed by atoms with Gasteiger partial charge in [-0.15, -0.1) is 0 Å². The molecule has 0 aliphatic heterocycles. The van der Waals surface area contributed by atoms with E-state index in [4.69, 9.17) is 5.73 Å². The average molecular weight is 242 g/mol. The number of nitrogens with two attached hydrogens (primary N) is 1. The fourth-order valence-corrected chi connectivity index (χ4v) is 1.88. The molecule has 2 rings (SSSR count). The van der Waals surface area contributed by atoms with Gasteiger partial charge in [0.2, 0.25) is 0 Å². The third kappa shape index (κ3) is 2.36. The van der Waals surface area contributed by atoms with Gasteiger partial charge in [0.1, 0.15) is 0 Å². The topological polar surface area (TPSA) is 46.3 Å². The summed E-state index contributed by atoms with van der Waals surface area (Å²) >= 11 is 0. The minimum Gasteiger partial charge on any atom is -0.338 e. The van der Waals surface area contributed by atoms with E-state index in [1.165, 1.54) is 0 Å². The van der Waals surface area contributed by atoms with Gasteiger partial charge in [-0.3, -0.25) is 4.79 Å². The number of hydrogen-bond donors (Lipinski definition) is 1. The minimum atomic E-state index is 0.0127. The second-order valence-electron chi connectivity index (χ2n) is 4.56. The van der Waals surface area contributed by atoms with Gasteiger partial charge in [0.05, 0.1) is 0 Å². The maximum Gasteiger partial charge on any atom is 0.253 e. The molecule has 18 heavy (non-hydrogen) atoms. The first-order valence-electron chi connectivity index (χ1n) is 6.09. The van der Waals surface area contributed by atoms with Crippen molar-refractivity contribution in [2.75, 3.05) is 13.6 Å². The fourth-order valence-electron chi connectivity index (χ4n) is 1.88. The molecule has 1 unspecified atom stereocenters. The Balaban J connectivity index is 2.33. The van der Waals surface area contributed by atoms with Gasteiger partial charge in [0.15, 0.2) is 0 Å². The van der Waals surface area contributed by atoms with Crippen LogP contribution >= 0.6 is 0 Å². The number of fused-ring (bicyclic) bond motifs is 1. The van der Waals surface area contributed by atoms with E-state index < -0.39 is 0 Å². The summed E-state index contributed by atoms with van der Waals surface area (Å²) in [7, 11) is 1.79. The lowest BCUT2D eigenvalue weighted by Gasteiger charge is -2.23. The molecule has 0 bridgehead atoms. The Morgan fingerprint density at radius 1 is 1.22 bits per heavy atom. The van der Waals surface area contributed by atoms with Crippen LogP contribution in [0.2, 0.25) is 0 Å². The molecule has 0 radical (unpaired) electrons. The van der Waals surface area contributed by atoms with Gasteiger partial charge in [0, 0.05) is 25.2 Å². The summed E-state index contributed by atoms with van der Waals surface area (Å²) in [5.74, 6) is 0.0127. The van der Waals surface area contributed by atoms with Gasteiger partial charge >= 0.3 is 0 Å². The number of benzene rings is 2. The van der Waals surface area contributed by atoms with Crippen LogP contribution in [0.1, 0.15) is 17.3 Å². The van der Waals surface area contributed by atoms with Gasteiger partial charge < -0.3 is 10.6 Å². The van der Waals surface area contributed by atoms with Gasteiger partial charge in [-0.25, -0.2) is 0 Å². The first-order valence-corrected chi connectivity index (χ1v) is 6.09. The van der Waals surface area contributed by atoms with Crippen LogP contribution in [0.5, 0.6) is 0 Å². The molecule has 0 saturated heterocycles. The fraction of sp³-hybridized carbons (Fsp3) is 0.267. The van der Waals surface area contributed by atoms with Crippen LogP contribution in [-0.2, 0) is 0 Å². The zero-order valence-corrected chi connectivity index (χ0v) is 10.8. The molecule has 0 heterocycles. The average Bonchev–Trinajstić information content (AvgIpc) is 2.44. The zero-order chi connectivity index (χ0) is 13.1. The molecule has 2 N–H and O–H groups in total. The summed E-state index contributed by atoms with van der Waals surface area (Å²) in [5, 5.41) is 2.22. The molecule has 0 spiro atoms. The van der Waals surface area contributed by atoms with Crippen molar-refractivity contribution in [2.24, 2.45) is 5.73 Å². The summed E-state index contributed by atoms with van der Waals surface area (Å²) < 4.78 is 0. The van der Waals surface area contributed by atoms with Crippen molar-refractivity contribution in [3.05, 3.63) is 48.0 Å². The SMILES string of the molecule is CC(CN)N(C)C(=O)c1ccc2ccccc2c1. The molecule has 3 heteroatoms. The van der Waals surface area contributed by atoms with Crippen LogP contribution in [0.15, 0.2) is 42.5 Å². The predicted octanol–water partition coefficient (Wildman–Crippen LogP) is 2.26. The molecule has 2 aromatic carbocycles. The normalized spacial score (nSPS) is 12.4. The maximum absolute atomic E-state index is 12.3. The van der Waals surface area contributed by atoms with Crippen molar-refractivity contribution in [1.29, 1.82) is 0 Å². The number of likely N-dealkylation sites (N-methyl/N-ethyl adjacent to an activating group) is 1. The van der Waals surface area contributed by atoms with Crippen molar-refractivity contribution in [1.82, 2.24) is 4.90 Å². The number of amides is 1. The molecule has 94 valence electrons. The van der Waals surface area contributed by atoms with Crippen molar-refractivity contribution >= 4 is 16.7 Å². The summed E-state index contributed by atoms with van der Waals surface area (Å²) in [4.78, 5) is 13.9. The van der Waals surface area contributed by atoms with E-state index in [9.17, 15) is 4.79 Å². The third-order valence-electron chi connectivity index (χ3n) is 3.32. The lowest BCUT2D eigenvalue weighted by Crippen LogP contribution is -2.39. The van der Waals surface area contributed by atoms with Crippen molar-refractivity contribution < 1.29 is 4.79 Å². The van der Waals surface area contributed by atoms with Gasteiger partial charge in [-0.2, -0.15) is 0 Å². The van der Waals surface area contributed by atoms with Gasteiger partial charge in [-0.05, 0) is 29.8 Å². The molecule has 0 aliphatic rings. The number of carbonyl (C=O) groups is 1. The van der Waals surface area contributed by atoms with E-state index in [-0.39, 0.29) is 11.9 Å². The molecule has 1 amide bonds. The van der Waals surface area contributed by atoms with E-state index in [0.717, 1.165) is 10.8 Å². The number of nitrogens with zero attached hydrogens (tertiary/aromatic N) is 1. The van der Waals surface area contributed by atoms with Crippen LogP contribution in [0, 0.1) is 0 Å². The molecule has 0 aromatic heterocycles. The second-order valence-corrected chi connectivity index (χ2v) is 4.56. The Morgan fingerprint density at radius 2 is 1.89 bits per heavy atom. The van der Waals surface area contributed by atoms with E-state index in [1.54, 1.807) is 11.9 Å². The zero-order valence-electron chi connectivity index (χ0n) is 10.8. The number of hydrogen-bond acceptors (Lipinski definition) is 2. The lowest BCUT2D eigenvalue weighted by atomic mass is 10.1. The first-order chi connectivity index (χ1) is 8.63. The molecule has 1 atom stereocenters. The van der Waals surface area contributed by atoms with Crippen LogP contribution < -0.4 is 5.73 Å². The highest BCUT2D eigenvalue weighted by atomic mass is 16.2. The van der Waals surface area contributed by atoms with Gasteiger partial charge in [0.25, 0.3) is 5.91 Å². The van der Waals surface area contributed by atoms with Crippen molar-refractivity contribution in [2.45, 2.75) is 13.0 Å². The molecular weight excluding hydrogens is 224 g/mol. The van der Waals surface area contributed by atoms with Crippen LogP contribution in [-0.4, -0.2) is 30.4 Å². The Labute approximate surface area is 107 Å². The van der Waals surface area contributed by atoms with Crippen molar-refractivity contribution in [3.8, 4) is 0 Å². The van der Waals surface area contributed by atoms with Gasteiger partial charge in [-0.1, -0.05) is 30.3 Å². The molecule has 0 aliphatic carbocycles. The molecular formula is C15H18N2O. The Bertz CT molecular complexity index is 565. The highest BCUT2D eigenvalue weighted by Crippen LogP contribution is 2.17. The Hall–Kier alpha value is -1.87. The first kappa shape index (κ1) is 12.6. The van der Waals surface area contributed by atoms with E-state index in [2.05, 4.69) is 0 Å². The summed E-state index contributed by atoms with van der Waals surface area (Å²) in [6.07, 6.45) is 0. The Morgan fingerprint density at radius 3 is 2.56 bits per heavy atom. The highest BCUT2D eigenvalue weighted by molar-refractivity contribution is 5.98. The highest BCUT2D eigenvalue weighted by Gasteiger charge is 2.16. The van der Waals surface area contributed by atoms with E-state index >= 15 is 0 Å². The largest absolute Gasteiger partial charge is 0.338 e. The summed E-state index contributed by atoms with van der Waals surface area (Å²) in [6.45, 7) is 2.41. The molecule has 2 aromatic rings. The van der Waals surface area contributed by atoms with Crippen molar-refractivity contribution in [3.63, 3.8) is 0 Å². The molecule has 0 saturated carbocycles. The summed E-state index contributed by atoms with van der Waals surface area (Å²) in [5.41, 5.74) is 6.29.